The first-order chi connectivity index (χ1) is 11.9. The molecule has 1 aromatic carbocycles. The van der Waals surface area contributed by atoms with Crippen molar-refractivity contribution < 1.29 is 19.3 Å². The zero-order chi connectivity index (χ0) is 18.0. The number of nitrogens with zero attached hydrogens (tertiary/aromatic N) is 1. The second-order valence-electron chi connectivity index (χ2n) is 7.52. The Morgan fingerprint density at radius 3 is 2.68 bits per heavy atom. The minimum atomic E-state index is -1.03. The maximum absolute atomic E-state index is 12.5. The molecular formula is C19H26BNO4. The predicted molar refractivity (Wildman–Crippen MR) is 97.0 cm³/mol. The van der Waals surface area contributed by atoms with E-state index >= 15 is 0 Å². The summed E-state index contributed by atoms with van der Waals surface area (Å²) in [5, 5.41) is 10.3. The molecule has 0 spiro atoms. The molecular weight excluding hydrogens is 317 g/mol. The normalized spacial score (nSPS) is 21.6. The highest BCUT2D eigenvalue weighted by molar-refractivity contribution is 6.47. The van der Waals surface area contributed by atoms with Gasteiger partial charge in [0, 0.05) is 18.7 Å². The first-order valence-electron chi connectivity index (χ1n) is 9.12. The average Bonchev–Trinajstić information content (AvgIpc) is 2.57. The summed E-state index contributed by atoms with van der Waals surface area (Å²) >= 11 is 0. The molecule has 2 aliphatic heterocycles. The highest BCUT2D eigenvalue weighted by atomic mass is 16.5. The van der Waals surface area contributed by atoms with Crippen LogP contribution in [0.15, 0.2) is 18.2 Å². The summed E-state index contributed by atoms with van der Waals surface area (Å²) in [4.78, 5) is 26.5. The van der Waals surface area contributed by atoms with Crippen LogP contribution in [0.3, 0.4) is 0 Å². The van der Waals surface area contributed by atoms with Gasteiger partial charge in [-0.2, -0.15) is 0 Å². The lowest BCUT2D eigenvalue weighted by molar-refractivity contribution is -0.120. The minimum Gasteiger partial charge on any atom is -0.535 e. The predicted octanol–water partition coefficient (Wildman–Crippen LogP) is 2.37. The van der Waals surface area contributed by atoms with E-state index in [-0.39, 0.29) is 17.4 Å². The fraction of sp³-hybridized carbons (Fsp3) is 0.579. The Labute approximate surface area is 149 Å². The van der Waals surface area contributed by atoms with Gasteiger partial charge >= 0.3 is 7.12 Å². The summed E-state index contributed by atoms with van der Waals surface area (Å²) in [6, 6.07) is 5.44. The number of rotatable bonds is 5. The number of hydrogen-bond donors (Lipinski definition) is 1. The average molecular weight is 343 g/mol. The number of ketones is 2. The largest absolute Gasteiger partial charge is 0.535 e. The van der Waals surface area contributed by atoms with E-state index in [1.54, 1.807) is 6.07 Å². The summed E-state index contributed by atoms with van der Waals surface area (Å²) in [5.41, 5.74) is 1.39. The lowest BCUT2D eigenvalue weighted by atomic mass is 9.64. The maximum Gasteiger partial charge on any atom is 0.526 e. The first-order valence-corrected chi connectivity index (χ1v) is 9.12. The fourth-order valence-corrected chi connectivity index (χ4v) is 3.90. The molecule has 1 N–H and O–H groups in total. The number of carbonyl (C=O) groups is 2. The summed E-state index contributed by atoms with van der Waals surface area (Å²) < 4.78 is 5.62. The Morgan fingerprint density at radius 1 is 1.28 bits per heavy atom. The molecule has 0 saturated carbocycles. The van der Waals surface area contributed by atoms with Crippen LogP contribution in [0.1, 0.15) is 48.5 Å². The molecule has 1 atom stereocenters. The second kappa shape index (κ2) is 7.71. The van der Waals surface area contributed by atoms with Crippen molar-refractivity contribution in [3.63, 3.8) is 0 Å². The van der Waals surface area contributed by atoms with Gasteiger partial charge in [0.1, 0.15) is 11.5 Å². The first kappa shape index (κ1) is 18.1. The quantitative estimate of drug-likeness (QED) is 0.657. The van der Waals surface area contributed by atoms with Crippen molar-refractivity contribution in [3.8, 4) is 5.75 Å². The van der Waals surface area contributed by atoms with Crippen LogP contribution in [-0.4, -0.2) is 48.7 Å². The van der Waals surface area contributed by atoms with Crippen LogP contribution in [0.4, 0.5) is 0 Å². The Morgan fingerprint density at radius 2 is 2.00 bits per heavy atom. The number of likely N-dealkylation sites (tertiary alicyclic amines) is 1. The van der Waals surface area contributed by atoms with Gasteiger partial charge in [0.2, 0.25) is 0 Å². The van der Waals surface area contributed by atoms with Crippen molar-refractivity contribution in [3.05, 3.63) is 29.3 Å². The zero-order valence-corrected chi connectivity index (χ0v) is 15.0. The van der Waals surface area contributed by atoms with E-state index in [9.17, 15) is 14.6 Å². The summed E-state index contributed by atoms with van der Waals surface area (Å²) in [6.07, 6.45) is 3.62. The lowest BCUT2D eigenvalue weighted by Gasteiger charge is -2.30. The van der Waals surface area contributed by atoms with Gasteiger partial charge in [-0.1, -0.05) is 12.1 Å². The number of Topliss-reactive ketones (excluding diaryl/α,β-unsaturated/α-hetero) is 2. The summed E-state index contributed by atoms with van der Waals surface area (Å²) in [5.74, 6) is 0.811. The third-order valence-corrected chi connectivity index (χ3v) is 5.44. The van der Waals surface area contributed by atoms with Gasteiger partial charge in [-0.05, 0) is 63.9 Å². The summed E-state index contributed by atoms with van der Waals surface area (Å²) in [6.45, 7) is 3.59. The van der Waals surface area contributed by atoms with Crippen molar-refractivity contribution in [1.82, 2.24) is 4.90 Å². The van der Waals surface area contributed by atoms with Crippen LogP contribution in [-0.2, 0) is 11.2 Å². The Balaban J connectivity index is 1.61. The number of piperidine rings is 1. The van der Waals surface area contributed by atoms with Gasteiger partial charge in [-0.25, -0.2) is 0 Å². The molecule has 2 aliphatic rings. The van der Waals surface area contributed by atoms with Crippen molar-refractivity contribution in [2.24, 2.45) is 5.92 Å². The molecule has 134 valence electrons. The number of benzene rings is 1. The summed E-state index contributed by atoms with van der Waals surface area (Å²) in [7, 11) is 1.08. The molecule has 1 saturated heterocycles. The molecule has 0 unspecified atom stereocenters. The van der Waals surface area contributed by atoms with E-state index in [4.69, 9.17) is 4.65 Å². The standard InChI is InChI=1S/C19H26BNO4/c1-13(22)18-5-3-4-15-11-16(20(24)25-19(15)18)12-17(23)10-14-6-8-21(2)9-7-14/h3-5,14,16,24H,6-12H2,1-2H3/t16-/m1/s1. The molecule has 0 aromatic heterocycles. The number of carbonyl (C=O) groups excluding carboxylic acids is 2. The van der Waals surface area contributed by atoms with Crippen molar-refractivity contribution in [2.45, 2.75) is 44.8 Å². The minimum absolute atomic E-state index is 0.0826. The molecule has 0 aliphatic carbocycles. The monoisotopic (exact) mass is 343 g/mol. The molecule has 1 fully saturated rings. The van der Waals surface area contributed by atoms with Gasteiger partial charge in [0.25, 0.3) is 0 Å². The fourth-order valence-electron chi connectivity index (χ4n) is 3.90. The van der Waals surface area contributed by atoms with Crippen LogP contribution < -0.4 is 4.65 Å². The zero-order valence-electron chi connectivity index (χ0n) is 15.0. The highest BCUT2D eigenvalue weighted by Crippen LogP contribution is 2.37. The Kier molecular flexibility index (Phi) is 5.59. The maximum atomic E-state index is 12.5. The van der Waals surface area contributed by atoms with Gasteiger partial charge in [0.05, 0.1) is 5.56 Å². The van der Waals surface area contributed by atoms with E-state index < -0.39 is 7.12 Å². The van der Waals surface area contributed by atoms with Gasteiger partial charge in [-0.3, -0.25) is 9.59 Å². The third kappa shape index (κ3) is 4.31. The molecule has 6 heteroatoms. The van der Waals surface area contributed by atoms with Crippen molar-refractivity contribution >= 4 is 18.7 Å². The van der Waals surface area contributed by atoms with E-state index in [0.717, 1.165) is 31.5 Å². The molecule has 1 aromatic rings. The number of para-hydroxylation sites is 1. The molecule has 0 bridgehead atoms. The Hall–Kier alpha value is -1.66. The van der Waals surface area contributed by atoms with Crippen LogP contribution in [0.5, 0.6) is 5.75 Å². The lowest BCUT2D eigenvalue weighted by Crippen LogP contribution is -2.36. The smallest absolute Gasteiger partial charge is 0.526 e. The SMILES string of the molecule is CC(=O)c1cccc2c1OB(O)[C@@H](CC(=O)CC1CCN(C)CC1)C2. The Bertz CT molecular complexity index is 655. The topological polar surface area (TPSA) is 66.8 Å². The molecule has 25 heavy (non-hydrogen) atoms. The molecule has 0 amide bonds. The van der Waals surface area contributed by atoms with Gasteiger partial charge in [0.15, 0.2) is 5.78 Å². The van der Waals surface area contributed by atoms with E-state index in [0.29, 0.717) is 36.5 Å². The van der Waals surface area contributed by atoms with E-state index in [1.807, 2.05) is 12.1 Å². The molecule has 2 heterocycles. The number of hydrogen-bond acceptors (Lipinski definition) is 5. The van der Waals surface area contributed by atoms with Crippen molar-refractivity contribution in [1.29, 1.82) is 0 Å². The van der Waals surface area contributed by atoms with Crippen LogP contribution in [0, 0.1) is 5.92 Å². The second-order valence-corrected chi connectivity index (χ2v) is 7.52. The highest BCUT2D eigenvalue weighted by Gasteiger charge is 2.37. The van der Waals surface area contributed by atoms with Crippen LogP contribution in [0.25, 0.3) is 0 Å². The molecule has 5 nitrogen and oxygen atoms in total. The van der Waals surface area contributed by atoms with E-state index in [1.165, 1.54) is 6.92 Å². The van der Waals surface area contributed by atoms with E-state index in [2.05, 4.69) is 11.9 Å². The van der Waals surface area contributed by atoms with Crippen molar-refractivity contribution in [2.75, 3.05) is 20.1 Å². The molecule has 0 radical (unpaired) electrons. The van der Waals surface area contributed by atoms with Crippen LogP contribution in [0.2, 0.25) is 5.82 Å². The number of fused-ring (bicyclic) bond motifs is 1. The van der Waals surface area contributed by atoms with Crippen LogP contribution >= 0.6 is 0 Å². The third-order valence-electron chi connectivity index (χ3n) is 5.44. The van der Waals surface area contributed by atoms with Gasteiger partial charge in [-0.15, -0.1) is 0 Å². The van der Waals surface area contributed by atoms with Gasteiger partial charge < -0.3 is 14.6 Å². The molecule has 3 rings (SSSR count).